The van der Waals surface area contributed by atoms with Crippen LogP contribution < -0.4 is 5.32 Å². The monoisotopic (exact) mass is 201 g/mol. The smallest absolute Gasteiger partial charge is 0.0577 e. The van der Waals surface area contributed by atoms with Crippen molar-refractivity contribution in [2.75, 3.05) is 13.6 Å². The zero-order chi connectivity index (χ0) is 11.3. The molecule has 1 aromatic rings. The van der Waals surface area contributed by atoms with Crippen molar-refractivity contribution >= 4 is 0 Å². The molecule has 0 amide bonds. The van der Waals surface area contributed by atoms with E-state index in [0.717, 1.165) is 12.1 Å². The van der Waals surface area contributed by atoms with Gasteiger partial charge in [0.2, 0.25) is 0 Å². The Morgan fingerprint density at radius 2 is 2.00 bits per heavy atom. The predicted octanol–water partition coefficient (Wildman–Crippen LogP) is 2.56. The highest BCUT2D eigenvalue weighted by molar-refractivity contribution is 5.39. The van der Waals surface area contributed by atoms with Gasteiger partial charge in [0.1, 0.15) is 0 Å². The van der Waals surface area contributed by atoms with Crippen LogP contribution in [0.15, 0.2) is 24.3 Å². The summed E-state index contributed by atoms with van der Waals surface area (Å²) in [7, 11) is 1.90. The summed E-state index contributed by atoms with van der Waals surface area (Å²) < 4.78 is 0. The zero-order valence-corrected chi connectivity index (χ0v) is 10.0. The first-order chi connectivity index (χ1) is 7.04. The predicted molar refractivity (Wildman–Crippen MR) is 65.9 cm³/mol. The largest absolute Gasteiger partial charge is 0.309 e. The minimum atomic E-state index is 0.195. The van der Waals surface area contributed by atoms with E-state index < -0.39 is 0 Å². The summed E-state index contributed by atoms with van der Waals surface area (Å²) >= 11 is 0. The molecule has 0 aliphatic carbocycles. The van der Waals surface area contributed by atoms with Crippen molar-refractivity contribution in [3.05, 3.63) is 35.4 Å². The topological polar surface area (TPSA) is 12.0 Å². The maximum Gasteiger partial charge on any atom is 0.0577 e. The van der Waals surface area contributed by atoms with Crippen LogP contribution in [0.1, 0.15) is 31.9 Å². The maximum atomic E-state index is 3.15. The van der Waals surface area contributed by atoms with Crippen LogP contribution in [0, 0.1) is 11.8 Å². The standard InChI is InChI=1S/C14H19N/c1-14(2,3)13-9-5-7-12(11-13)8-6-10-15-4/h5,7,9,11,15H,10H2,1-4H3. The van der Waals surface area contributed by atoms with E-state index in [1.807, 2.05) is 7.05 Å². The first-order valence-electron chi connectivity index (χ1n) is 5.28. The Balaban J connectivity index is 2.90. The van der Waals surface area contributed by atoms with Gasteiger partial charge in [-0.15, -0.1) is 0 Å². The lowest BCUT2D eigenvalue weighted by atomic mass is 9.86. The van der Waals surface area contributed by atoms with Crippen LogP contribution >= 0.6 is 0 Å². The highest BCUT2D eigenvalue weighted by Crippen LogP contribution is 2.22. The third-order valence-electron chi connectivity index (χ3n) is 2.23. The first kappa shape index (κ1) is 11.8. The molecule has 0 saturated heterocycles. The molecule has 0 fully saturated rings. The number of hydrogen-bond donors (Lipinski definition) is 1. The number of benzene rings is 1. The second kappa shape index (κ2) is 5.00. The summed E-state index contributed by atoms with van der Waals surface area (Å²) in [5, 5.41) is 3.01. The van der Waals surface area contributed by atoms with Crippen LogP contribution in [0.5, 0.6) is 0 Å². The molecule has 0 unspecified atom stereocenters. The van der Waals surface area contributed by atoms with Crippen LogP contribution in [-0.2, 0) is 5.41 Å². The van der Waals surface area contributed by atoms with E-state index >= 15 is 0 Å². The molecule has 1 rings (SSSR count). The Kier molecular flexibility index (Phi) is 3.94. The zero-order valence-electron chi connectivity index (χ0n) is 10.0. The van der Waals surface area contributed by atoms with Crippen molar-refractivity contribution in [2.45, 2.75) is 26.2 Å². The molecule has 1 N–H and O–H groups in total. The average molecular weight is 201 g/mol. The summed E-state index contributed by atoms with van der Waals surface area (Å²) in [5.74, 6) is 6.21. The van der Waals surface area contributed by atoms with Gasteiger partial charge in [0.25, 0.3) is 0 Å². The van der Waals surface area contributed by atoms with Crippen molar-refractivity contribution in [1.82, 2.24) is 5.32 Å². The van der Waals surface area contributed by atoms with Gasteiger partial charge in [-0.05, 0) is 30.2 Å². The van der Waals surface area contributed by atoms with E-state index in [-0.39, 0.29) is 5.41 Å². The fourth-order valence-corrected chi connectivity index (χ4v) is 1.30. The second-order valence-corrected chi connectivity index (χ2v) is 4.66. The van der Waals surface area contributed by atoms with E-state index in [2.05, 4.69) is 62.2 Å². The molecule has 0 atom stereocenters. The minimum Gasteiger partial charge on any atom is -0.309 e. The normalized spacial score (nSPS) is 10.7. The molecular formula is C14H19N. The second-order valence-electron chi connectivity index (χ2n) is 4.66. The van der Waals surface area contributed by atoms with E-state index in [4.69, 9.17) is 0 Å². The van der Waals surface area contributed by atoms with Gasteiger partial charge in [-0.3, -0.25) is 0 Å². The Labute approximate surface area is 92.9 Å². The molecule has 0 aromatic heterocycles. The van der Waals surface area contributed by atoms with Gasteiger partial charge in [0.05, 0.1) is 6.54 Å². The van der Waals surface area contributed by atoms with Crippen LogP contribution in [0.3, 0.4) is 0 Å². The van der Waals surface area contributed by atoms with Crippen molar-refractivity contribution in [3.8, 4) is 11.8 Å². The Hall–Kier alpha value is -1.26. The van der Waals surface area contributed by atoms with Crippen molar-refractivity contribution in [1.29, 1.82) is 0 Å². The van der Waals surface area contributed by atoms with Gasteiger partial charge >= 0.3 is 0 Å². The van der Waals surface area contributed by atoms with Gasteiger partial charge in [-0.2, -0.15) is 0 Å². The summed E-state index contributed by atoms with van der Waals surface area (Å²) in [4.78, 5) is 0. The molecule has 1 heteroatoms. The molecule has 0 radical (unpaired) electrons. The van der Waals surface area contributed by atoms with Crippen molar-refractivity contribution in [3.63, 3.8) is 0 Å². The maximum absolute atomic E-state index is 3.15. The van der Waals surface area contributed by atoms with Crippen LogP contribution in [0.2, 0.25) is 0 Å². The molecule has 0 aliphatic rings. The Morgan fingerprint density at radius 3 is 2.60 bits per heavy atom. The van der Waals surface area contributed by atoms with Gasteiger partial charge in [0.15, 0.2) is 0 Å². The molecule has 0 aliphatic heterocycles. The molecular weight excluding hydrogens is 182 g/mol. The van der Waals surface area contributed by atoms with Crippen molar-refractivity contribution in [2.24, 2.45) is 0 Å². The van der Waals surface area contributed by atoms with E-state index in [1.165, 1.54) is 5.56 Å². The Bertz CT molecular complexity index is 374. The number of hydrogen-bond acceptors (Lipinski definition) is 1. The fourth-order valence-electron chi connectivity index (χ4n) is 1.30. The third-order valence-corrected chi connectivity index (χ3v) is 2.23. The molecule has 1 aromatic carbocycles. The highest BCUT2D eigenvalue weighted by atomic mass is 14.8. The summed E-state index contributed by atoms with van der Waals surface area (Å²) in [6, 6.07) is 8.45. The van der Waals surface area contributed by atoms with Gasteiger partial charge in [-0.25, -0.2) is 0 Å². The minimum absolute atomic E-state index is 0.195. The molecule has 0 saturated carbocycles. The third kappa shape index (κ3) is 3.77. The van der Waals surface area contributed by atoms with Crippen LogP contribution in [0.25, 0.3) is 0 Å². The first-order valence-corrected chi connectivity index (χ1v) is 5.28. The summed E-state index contributed by atoms with van der Waals surface area (Å²) in [5.41, 5.74) is 2.62. The molecule has 1 nitrogen and oxygen atoms in total. The van der Waals surface area contributed by atoms with Gasteiger partial charge in [0, 0.05) is 5.56 Å². The molecule has 80 valence electrons. The number of rotatable bonds is 1. The molecule has 0 heterocycles. The van der Waals surface area contributed by atoms with Crippen molar-refractivity contribution < 1.29 is 0 Å². The average Bonchev–Trinajstić information content (AvgIpc) is 2.17. The fraction of sp³-hybridized carbons (Fsp3) is 0.429. The quantitative estimate of drug-likeness (QED) is 0.689. The Morgan fingerprint density at radius 1 is 1.27 bits per heavy atom. The van der Waals surface area contributed by atoms with E-state index in [9.17, 15) is 0 Å². The lowest BCUT2D eigenvalue weighted by molar-refractivity contribution is 0.590. The van der Waals surface area contributed by atoms with E-state index in [1.54, 1.807) is 0 Å². The van der Waals surface area contributed by atoms with Crippen LogP contribution in [-0.4, -0.2) is 13.6 Å². The molecule has 0 bridgehead atoms. The SMILES string of the molecule is CNCC#Cc1cccc(C(C)(C)C)c1. The van der Waals surface area contributed by atoms with Crippen LogP contribution in [0.4, 0.5) is 0 Å². The summed E-state index contributed by atoms with van der Waals surface area (Å²) in [6.45, 7) is 7.38. The van der Waals surface area contributed by atoms with Gasteiger partial charge in [-0.1, -0.05) is 44.7 Å². The van der Waals surface area contributed by atoms with E-state index in [0.29, 0.717) is 0 Å². The summed E-state index contributed by atoms with van der Waals surface area (Å²) in [6.07, 6.45) is 0. The lowest BCUT2D eigenvalue weighted by Crippen LogP contribution is -2.10. The van der Waals surface area contributed by atoms with Gasteiger partial charge < -0.3 is 5.32 Å². The lowest BCUT2D eigenvalue weighted by Gasteiger charge is -2.18. The number of nitrogens with one attached hydrogen (secondary N) is 1. The molecule has 0 spiro atoms. The highest BCUT2D eigenvalue weighted by Gasteiger charge is 2.12. The molecule has 15 heavy (non-hydrogen) atoms.